The number of β-amino-alcohol motifs (C(OH)–C–C–N with tert-alkyl or cyclic N) is 1. The Labute approximate surface area is 189 Å². The van der Waals surface area contributed by atoms with Crippen LogP contribution < -0.4 is 5.32 Å². The Morgan fingerprint density at radius 1 is 1.25 bits per heavy atom. The summed E-state index contributed by atoms with van der Waals surface area (Å²) in [6, 6.07) is 8.59. The second-order valence-corrected chi connectivity index (χ2v) is 9.14. The van der Waals surface area contributed by atoms with Crippen molar-refractivity contribution in [2.45, 2.75) is 44.4 Å². The van der Waals surface area contributed by atoms with Crippen LogP contribution in [0.2, 0.25) is 0 Å². The van der Waals surface area contributed by atoms with E-state index in [1.807, 2.05) is 17.9 Å². The minimum Gasteiger partial charge on any atom is -0.390 e. The number of aromatic nitrogens is 4. The van der Waals surface area contributed by atoms with Gasteiger partial charge in [-0.15, -0.1) is 0 Å². The molecule has 168 valence electrons. The van der Waals surface area contributed by atoms with E-state index in [2.05, 4.69) is 63.1 Å². The average molecular weight is 433 g/mol. The summed E-state index contributed by atoms with van der Waals surface area (Å²) < 4.78 is 4.11. The van der Waals surface area contributed by atoms with Crippen LogP contribution >= 0.6 is 0 Å². The molecular formula is C25H32N6O. The van der Waals surface area contributed by atoms with E-state index in [0.717, 1.165) is 56.1 Å². The Kier molecular flexibility index (Phi) is 5.85. The molecule has 0 saturated carbocycles. The molecule has 3 aromatic rings. The summed E-state index contributed by atoms with van der Waals surface area (Å²) >= 11 is 0. The van der Waals surface area contributed by atoms with Gasteiger partial charge in [-0.25, -0.2) is 4.98 Å². The molecule has 32 heavy (non-hydrogen) atoms. The van der Waals surface area contributed by atoms with E-state index in [1.54, 1.807) is 0 Å². The lowest BCUT2D eigenvalue weighted by atomic mass is 9.94. The number of imidazole rings is 1. The molecule has 0 unspecified atom stereocenters. The van der Waals surface area contributed by atoms with Gasteiger partial charge in [0.2, 0.25) is 0 Å². The normalized spacial score (nSPS) is 19.2. The van der Waals surface area contributed by atoms with Gasteiger partial charge in [-0.1, -0.05) is 30.8 Å². The van der Waals surface area contributed by atoms with Crippen LogP contribution in [0.15, 0.2) is 49.4 Å². The first-order chi connectivity index (χ1) is 15.5. The van der Waals surface area contributed by atoms with Crippen molar-refractivity contribution >= 4 is 5.70 Å². The van der Waals surface area contributed by atoms with Crippen LogP contribution in [0.3, 0.4) is 0 Å². The molecule has 0 radical (unpaired) electrons. The number of aliphatic hydroxyl groups is 1. The smallest absolute Gasteiger partial charge is 0.109 e. The number of hydrogen-bond acceptors (Lipinski definition) is 5. The van der Waals surface area contributed by atoms with Crippen molar-refractivity contribution in [1.82, 2.24) is 29.5 Å². The van der Waals surface area contributed by atoms with E-state index in [-0.39, 0.29) is 0 Å². The third-order valence-corrected chi connectivity index (χ3v) is 6.73. The second-order valence-electron chi connectivity index (χ2n) is 9.14. The molecule has 0 fully saturated rings. The number of aliphatic hydroxyl groups excluding tert-OH is 1. The first kappa shape index (κ1) is 21.0. The van der Waals surface area contributed by atoms with Gasteiger partial charge in [0.05, 0.1) is 18.0 Å². The summed E-state index contributed by atoms with van der Waals surface area (Å²) in [5.41, 5.74) is 5.73. The van der Waals surface area contributed by atoms with Crippen molar-refractivity contribution in [3.8, 4) is 0 Å². The first-order valence-corrected chi connectivity index (χ1v) is 11.5. The lowest BCUT2D eigenvalue weighted by Gasteiger charge is -2.30. The van der Waals surface area contributed by atoms with Gasteiger partial charge in [-0.05, 0) is 29.5 Å². The highest BCUT2D eigenvalue weighted by molar-refractivity contribution is 5.57. The number of aryl methyl sites for hydroxylation is 2. The maximum absolute atomic E-state index is 10.6. The van der Waals surface area contributed by atoms with Gasteiger partial charge < -0.3 is 15.0 Å². The van der Waals surface area contributed by atoms with E-state index in [0.29, 0.717) is 19.0 Å². The summed E-state index contributed by atoms with van der Waals surface area (Å²) in [5, 5.41) is 18.2. The molecule has 4 heterocycles. The summed E-state index contributed by atoms with van der Waals surface area (Å²) in [4.78, 5) is 7.12. The van der Waals surface area contributed by atoms with Crippen molar-refractivity contribution in [2.24, 2.45) is 7.05 Å². The Morgan fingerprint density at radius 2 is 2.09 bits per heavy atom. The highest BCUT2D eigenvalue weighted by Gasteiger charge is 2.23. The SMILES string of the molecule is C=C(NC[C@H](O)CN1CCc2ccccc2C1)c1cn2c(n1)CC[C@H](c1cnn(C)c1)C2. The Bertz CT molecular complexity index is 1100. The maximum Gasteiger partial charge on any atom is 0.109 e. The first-order valence-electron chi connectivity index (χ1n) is 11.5. The van der Waals surface area contributed by atoms with E-state index >= 15 is 0 Å². The summed E-state index contributed by atoms with van der Waals surface area (Å²) in [6.07, 6.45) is 8.78. The minimum atomic E-state index is -0.454. The zero-order chi connectivity index (χ0) is 22.1. The molecule has 0 amide bonds. The molecule has 2 atom stereocenters. The molecule has 7 nitrogen and oxygen atoms in total. The van der Waals surface area contributed by atoms with Gasteiger partial charge in [-0.3, -0.25) is 9.58 Å². The number of hydrogen-bond donors (Lipinski definition) is 2. The lowest BCUT2D eigenvalue weighted by Crippen LogP contribution is -2.40. The fraction of sp³-hybridized carbons (Fsp3) is 0.440. The van der Waals surface area contributed by atoms with E-state index in [1.165, 1.54) is 16.7 Å². The minimum absolute atomic E-state index is 0.454. The molecule has 0 aliphatic carbocycles. The zero-order valence-corrected chi connectivity index (χ0v) is 18.7. The Hall–Kier alpha value is -2.90. The van der Waals surface area contributed by atoms with Gasteiger partial charge in [-0.2, -0.15) is 5.10 Å². The van der Waals surface area contributed by atoms with Crippen molar-refractivity contribution in [2.75, 3.05) is 19.6 Å². The molecule has 2 aliphatic heterocycles. The van der Waals surface area contributed by atoms with Gasteiger partial charge in [0.25, 0.3) is 0 Å². The molecule has 0 saturated heterocycles. The standard InChI is InChI=1S/C25H32N6O/c1-18(26-12-23(32)16-30-10-9-19-5-3-4-6-20(19)14-30)24-17-31-15-21(7-8-25(31)28-24)22-11-27-29(2)13-22/h3-6,11,13,17,21,23,26,32H,1,7-10,12,14-16H2,2H3/t21-,23-/m0/s1. The molecule has 1 aromatic carbocycles. The molecule has 7 heteroatoms. The van der Waals surface area contributed by atoms with E-state index in [9.17, 15) is 5.11 Å². The maximum atomic E-state index is 10.6. The van der Waals surface area contributed by atoms with Gasteiger partial charge in [0.15, 0.2) is 0 Å². The van der Waals surface area contributed by atoms with Crippen LogP contribution in [-0.2, 0) is 33.0 Å². The Balaban J connectivity index is 1.13. The fourth-order valence-corrected chi connectivity index (χ4v) is 4.92. The predicted molar refractivity (Wildman–Crippen MR) is 125 cm³/mol. The van der Waals surface area contributed by atoms with Crippen LogP contribution in [0.4, 0.5) is 0 Å². The second kappa shape index (κ2) is 8.92. The number of rotatable bonds is 7. The molecular weight excluding hydrogens is 400 g/mol. The average Bonchev–Trinajstić information content (AvgIpc) is 3.43. The van der Waals surface area contributed by atoms with Crippen molar-refractivity contribution in [3.05, 3.63) is 77.6 Å². The highest BCUT2D eigenvalue weighted by Crippen LogP contribution is 2.29. The number of fused-ring (bicyclic) bond motifs is 2. The zero-order valence-electron chi connectivity index (χ0n) is 18.7. The Morgan fingerprint density at radius 3 is 2.91 bits per heavy atom. The van der Waals surface area contributed by atoms with E-state index in [4.69, 9.17) is 4.98 Å². The monoisotopic (exact) mass is 432 g/mol. The third kappa shape index (κ3) is 4.49. The molecule has 2 aromatic heterocycles. The quantitative estimate of drug-likeness (QED) is 0.600. The van der Waals surface area contributed by atoms with Crippen LogP contribution in [0.1, 0.15) is 40.5 Å². The summed E-state index contributed by atoms with van der Waals surface area (Å²) in [7, 11) is 1.96. The molecule has 0 spiro atoms. The van der Waals surface area contributed by atoms with Crippen LogP contribution in [0.5, 0.6) is 0 Å². The van der Waals surface area contributed by atoms with E-state index < -0.39 is 6.10 Å². The fourth-order valence-electron chi connectivity index (χ4n) is 4.92. The van der Waals surface area contributed by atoms with Crippen molar-refractivity contribution in [1.29, 1.82) is 0 Å². The van der Waals surface area contributed by atoms with Gasteiger partial charge >= 0.3 is 0 Å². The predicted octanol–water partition coefficient (Wildman–Crippen LogP) is 2.33. The van der Waals surface area contributed by atoms with Gasteiger partial charge in [0.1, 0.15) is 11.5 Å². The van der Waals surface area contributed by atoms with Gasteiger partial charge in [0, 0.05) is 64.5 Å². The third-order valence-electron chi connectivity index (χ3n) is 6.73. The molecule has 2 aliphatic rings. The summed E-state index contributed by atoms with van der Waals surface area (Å²) in [6.45, 7) is 8.10. The van der Waals surface area contributed by atoms with Crippen LogP contribution in [0.25, 0.3) is 5.70 Å². The molecule has 5 rings (SSSR count). The van der Waals surface area contributed by atoms with Crippen LogP contribution in [0, 0.1) is 0 Å². The molecule has 2 N–H and O–H groups in total. The van der Waals surface area contributed by atoms with Crippen molar-refractivity contribution in [3.63, 3.8) is 0 Å². The largest absolute Gasteiger partial charge is 0.390 e. The number of nitrogens with one attached hydrogen (secondary N) is 1. The topological polar surface area (TPSA) is 71.1 Å². The molecule has 0 bridgehead atoms. The number of benzene rings is 1. The number of nitrogens with zero attached hydrogens (tertiary/aromatic N) is 5. The highest BCUT2D eigenvalue weighted by atomic mass is 16.3. The summed E-state index contributed by atoms with van der Waals surface area (Å²) in [5.74, 6) is 1.58. The van der Waals surface area contributed by atoms with Crippen molar-refractivity contribution < 1.29 is 5.11 Å². The lowest BCUT2D eigenvalue weighted by molar-refractivity contribution is 0.107. The van der Waals surface area contributed by atoms with Crippen LogP contribution in [-0.4, -0.2) is 55.1 Å².